The fraction of sp³-hybridized carbons (Fsp3) is 0.250. The number of hydrogen-bond donors (Lipinski definition) is 1. The van der Waals surface area contributed by atoms with Crippen LogP contribution >= 0.6 is 0 Å². The van der Waals surface area contributed by atoms with Gasteiger partial charge in [0.15, 0.2) is 0 Å². The predicted molar refractivity (Wildman–Crippen MR) is 114 cm³/mol. The molecule has 1 heterocycles. The average molecular weight is 390 g/mol. The standard InChI is InChI=1S/C24H26N2O3/c1-24(2,3)29-23(28)25-21(22(27)26-15-7-8-16-26)17-18-11-13-20(14-12-18)19-9-5-4-6-10-19/h4-16,21H,17H2,1-3H3,(H,25,28)/t21-/m0/s1. The van der Waals surface area contributed by atoms with Crippen molar-refractivity contribution in [1.29, 1.82) is 0 Å². The van der Waals surface area contributed by atoms with Crippen LogP contribution in [0.2, 0.25) is 0 Å². The monoisotopic (exact) mass is 390 g/mol. The Morgan fingerprint density at radius 2 is 1.48 bits per heavy atom. The summed E-state index contributed by atoms with van der Waals surface area (Å²) in [5.74, 6) is -0.215. The van der Waals surface area contributed by atoms with E-state index in [1.165, 1.54) is 4.57 Å². The molecule has 0 saturated heterocycles. The first-order valence-corrected chi connectivity index (χ1v) is 9.63. The van der Waals surface area contributed by atoms with Gasteiger partial charge >= 0.3 is 6.09 Å². The number of carbonyl (C=O) groups excluding carboxylic acids is 2. The maximum atomic E-state index is 12.9. The lowest BCUT2D eigenvalue weighted by Crippen LogP contribution is -2.46. The number of nitrogens with one attached hydrogen (secondary N) is 1. The Bertz CT molecular complexity index is 940. The molecule has 29 heavy (non-hydrogen) atoms. The number of aromatic nitrogens is 1. The molecule has 3 rings (SSSR count). The number of amides is 1. The molecule has 0 radical (unpaired) electrons. The summed E-state index contributed by atoms with van der Waals surface area (Å²) in [7, 11) is 0. The maximum Gasteiger partial charge on any atom is 0.408 e. The van der Waals surface area contributed by atoms with Gasteiger partial charge in [-0.05, 0) is 49.6 Å². The third-order valence-corrected chi connectivity index (χ3v) is 4.35. The third kappa shape index (κ3) is 5.82. The average Bonchev–Trinajstić information content (AvgIpc) is 3.21. The third-order valence-electron chi connectivity index (χ3n) is 4.35. The lowest BCUT2D eigenvalue weighted by Gasteiger charge is -2.23. The van der Waals surface area contributed by atoms with E-state index in [0.29, 0.717) is 6.42 Å². The van der Waals surface area contributed by atoms with E-state index in [1.54, 1.807) is 45.3 Å². The van der Waals surface area contributed by atoms with Gasteiger partial charge in [-0.15, -0.1) is 0 Å². The minimum atomic E-state index is -0.736. The molecule has 150 valence electrons. The molecule has 0 aliphatic rings. The summed E-state index contributed by atoms with van der Waals surface area (Å²) in [4.78, 5) is 25.2. The van der Waals surface area contributed by atoms with Gasteiger partial charge in [0.05, 0.1) is 0 Å². The molecule has 2 aromatic carbocycles. The van der Waals surface area contributed by atoms with E-state index in [0.717, 1.165) is 16.7 Å². The first-order valence-electron chi connectivity index (χ1n) is 9.63. The highest BCUT2D eigenvalue weighted by Gasteiger charge is 2.25. The van der Waals surface area contributed by atoms with Crippen LogP contribution in [-0.4, -0.2) is 28.2 Å². The summed E-state index contributed by atoms with van der Waals surface area (Å²) in [6, 6.07) is 20.9. The molecule has 5 nitrogen and oxygen atoms in total. The van der Waals surface area contributed by atoms with Crippen molar-refractivity contribution in [3.8, 4) is 11.1 Å². The quantitative estimate of drug-likeness (QED) is 0.672. The van der Waals surface area contributed by atoms with E-state index >= 15 is 0 Å². The molecular formula is C24H26N2O3. The van der Waals surface area contributed by atoms with Crippen molar-refractivity contribution >= 4 is 12.0 Å². The molecule has 1 amide bonds. The first-order chi connectivity index (χ1) is 13.8. The van der Waals surface area contributed by atoms with Crippen LogP contribution in [0.15, 0.2) is 79.1 Å². The highest BCUT2D eigenvalue weighted by molar-refractivity contribution is 5.88. The summed E-state index contributed by atoms with van der Waals surface area (Å²) in [6.07, 6.45) is 3.10. The van der Waals surface area contributed by atoms with Crippen molar-refractivity contribution in [2.45, 2.75) is 38.8 Å². The van der Waals surface area contributed by atoms with E-state index in [2.05, 4.69) is 17.4 Å². The Morgan fingerprint density at radius 1 is 0.897 bits per heavy atom. The van der Waals surface area contributed by atoms with Crippen LogP contribution < -0.4 is 5.32 Å². The van der Waals surface area contributed by atoms with Crippen molar-refractivity contribution in [3.05, 3.63) is 84.7 Å². The Hall–Kier alpha value is -3.34. The zero-order valence-electron chi connectivity index (χ0n) is 17.0. The molecule has 0 spiro atoms. The Kier molecular flexibility index (Phi) is 6.17. The summed E-state index contributed by atoms with van der Waals surface area (Å²) in [5, 5.41) is 2.72. The van der Waals surface area contributed by atoms with Crippen LogP contribution in [0.5, 0.6) is 0 Å². The van der Waals surface area contributed by atoms with Crippen molar-refractivity contribution < 1.29 is 14.3 Å². The van der Waals surface area contributed by atoms with Gasteiger partial charge in [-0.3, -0.25) is 9.36 Å². The number of carbonyl (C=O) groups is 2. The molecule has 1 aromatic heterocycles. The summed E-state index contributed by atoms with van der Waals surface area (Å²) in [6.45, 7) is 5.37. The number of benzene rings is 2. The lowest BCUT2D eigenvalue weighted by molar-refractivity contribution is 0.0482. The SMILES string of the molecule is CC(C)(C)OC(=O)N[C@@H](Cc1ccc(-c2ccccc2)cc1)C(=O)n1cccc1. The molecule has 0 saturated carbocycles. The number of rotatable bonds is 5. The Morgan fingerprint density at radius 3 is 2.07 bits per heavy atom. The van der Waals surface area contributed by atoms with Gasteiger partial charge < -0.3 is 10.1 Å². The molecule has 3 aromatic rings. The molecule has 0 aliphatic heterocycles. The summed E-state index contributed by atoms with van der Waals surface area (Å²) >= 11 is 0. The molecule has 0 fully saturated rings. The molecule has 1 N–H and O–H groups in total. The van der Waals surface area contributed by atoms with Gasteiger partial charge in [-0.25, -0.2) is 4.79 Å². The second-order valence-corrected chi connectivity index (χ2v) is 7.89. The van der Waals surface area contributed by atoms with Gasteiger partial charge in [0.25, 0.3) is 5.91 Å². The van der Waals surface area contributed by atoms with Crippen LogP contribution in [0.25, 0.3) is 11.1 Å². The first kappa shape index (κ1) is 20.4. The van der Waals surface area contributed by atoms with Gasteiger partial charge in [-0.2, -0.15) is 0 Å². The van der Waals surface area contributed by atoms with Crippen molar-refractivity contribution in [2.75, 3.05) is 0 Å². The topological polar surface area (TPSA) is 60.3 Å². The predicted octanol–water partition coefficient (Wildman–Crippen LogP) is 4.93. The van der Waals surface area contributed by atoms with Crippen LogP contribution in [0.1, 0.15) is 31.1 Å². The van der Waals surface area contributed by atoms with Gasteiger partial charge in [0, 0.05) is 18.8 Å². The summed E-state index contributed by atoms with van der Waals surface area (Å²) in [5.41, 5.74) is 2.54. The second-order valence-electron chi connectivity index (χ2n) is 7.89. The molecule has 0 aliphatic carbocycles. The minimum absolute atomic E-state index is 0.215. The van der Waals surface area contributed by atoms with Crippen molar-refractivity contribution in [2.24, 2.45) is 0 Å². The number of alkyl carbamates (subject to hydrolysis) is 1. The number of nitrogens with zero attached hydrogens (tertiary/aromatic N) is 1. The Labute approximate surface area is 171 Å². The molecule has 1 atom stereocenters. The molecule has 0 unspecified atom stereocenters. The molecule has 5 heteroatoms. The van der Waals surface area contributed by atoms with E-state index in [-0.39, 0.29) is 5.91 Å². The lowest BCUT2D eigenvalue weighted by atomic mass is 10.0. The normalized spacial score (nSPS) is 12.2. The van der Waals surface area contributed by atoms with E-state index in [4.69, 9.17) is 4.74 Å². The zero-order chi connectivity index (χ0) is 20.9. The zero-order valence-corrected chi connectivity index (χ0v) is 17.0. The van der Waals surface area contributed by atoms with E-state index in [9.17, 15) is 9.59 Å². The van der Waals surface area contributed by atoms with E-state index in [1.807, 2.05) is 42.5 Å². The second kappa shape index (κ2) is 8.78. The molecular weight excluding hydrogens is 364 g/mol. The van der Waals surface area contributed by atoms with Gasteiger partial charge in [0.2, 0.25) is 0 Å². The number of hydrogen-bond acceptors (Lipinski definition) is 3. The van der Waals surface area contributed by atoms with Crippen molar-refractivity contribution in [1.82, 2.24) is 9.88 Å². The van der Waals surface area contributed by atoms with Crippen LogP contribution in [0, 0.1) is 0 Å². The molecule has 0 bridgehead atoms. The highest BCUT2D eigenvalue weighted by Crippen LogP contribution is 2.20. The Balaban J connectivity index is 1.77. The van der Waals surface area contributed by atoms with Crippen LogP contribution in [-0.2, 0) is 11.2 Å². The van der Waals surface area contributed by atoms with E-state index < -0.39 is 17.7 Å². The van der Waals surface area contributed by atoms with Crippen molar-refractivity contribution in [3.63, 3.8) is 0 Å². The largest absolute Gasteiger partial charge is 0.444 e. The van der Waals surface area contributed by atoms with Crippen LogP contribution in [0.3, 0.4) is 0 Å². The van der Waals surface area contributed by atoms with Gasteiger partial charge in [-0.1, -0.05) is 54.6 Å². The van der Waals surface area contributed by atoms with Crippen LogP contribution in [0.4, 0.5) is 4.79 Å². The highest BCUT2D eigenvalue weighted by atomic mass is 16.6. The smallest absolute Gasteiger partial charge is 0.408 e. The fourth-order valence-electron chi connectivity index (χ4n) is 3.01. The minimum Gasteiger partial charge on any atom is -0.444 e. The fourth-order valence-corrected chi connectivity index (χ4v) is 3.01. The maximum absolute atomic E-state index is 12.9. The summed E-state index contributed by atoms with van der Waals surface area (Å²) < 4.78 is 6.81. The number of ether oxygens (including phenoxy) is 1. The van der Waals surface area contributed by atoms with Gasteiger partial charge in [0.1, 0.15) is 11.6 Å².